The van der Waals surface area contributed by atoms with E-state index < -0.39 is 16.0 Å². The molecule has 0 aliphatic carbocycles. The second kappa shape index (κ2) is 9.44. The number of ether oxygens (including phenoxy) is 1. The third kappa shape index (κ3) is 5.60. The highest BCUT2D eigenvalue weighted by atomic mass is 32.2. The highest BCUT2D eigenvalue weighted by molar-refractivity contribution is 7.92. The molecule has 0 aromatic heterocycles. The van der Waals surface area contributed by atoms with Crippen LogP contribution < -0.4 is 4.31 Å². The summed E-state index contributed by atoms with van der Waals surface area (Å²) in [5.74, 6) is -0.417. The summed E-state index contributed by atoms with van der Waals surface area (Å²) < 4.78 is 33.1. The third-order valence-electron chi connectivity index (χ3n) is 4.69. The average Bonchev–Trinajstić information content (AvgIpc) is 2.68. The van der Waals surface area contributed by atoms with Gasteiger partial charge in [0.05, 0.1) is 22.8 Å². The number of carbonyl (C=O) groups is 1. The van der Waals surface area contributed by atoms with Gasteiger partial charge in [-0.25, -0.2) is 13.2 Å². The van der Waals surface area contributed by atoms with Crippen LogP contribution in [0.4, 0.5) is 5.69 Å². The fourth-order valence-corrected chi connectivity index (χ4v) is 4.43. The van der Waals surface area contributed by atoms with E-state index >= 15 is 0 Å². The van der Waals surface area contributed by atoms with E-state index in [-0.39, 0.29) is 10.3 Å². The van der Waals surface area contributed by atoms with Crippen LogP contribution >= 0.6 is 0 Å². The van der Waals surface area contributed by atoms with Gasteiger partial charge in [-0.1, -0.05) is 46.2 Å². The predicted molar refractivity (Wildman–Crippen MR) is 117 cm³/mol. The molecule has 6 heteroatoms. The van der Waals surface area contributed by atoms with Crippen LogP contribution in [0.25, 0.3) is 0 Å². The predicted octanol–water partition coefficient (Wildman–Crippen LogP) is 5.16. The quantitative estimate of drug-likeness (QED) is 0.557. The molecule has 0 unspecified atom stereocenters. The largest absolute Gasteiger partial charge is 0.462 e. The molecule has 0 heterocycles. The molecule has 0 fully saturated rings. The Bertz CT molecular complexity index is 911. The van der Waals surface area contributed by atoms with E-state index in [1.807, 2.05) is 19.1 Å². The fraction of sp³-hybridized carbons (Fsp3) is 0.435. The lowest BCUT2D eigenvalue weighted by Gasteiger charge is -2.25. The van der Waals surface area contributed by atoms with Crippen molar-refractivity contribution in [2.75, 3.05) is 17.5 Å². The van der Waals surface area contributed by atoms with Gasteiger partial charge in [-0.2, -0.15) is 0 Å². The summed E-state index contributed by atoms with van der Waals surface area (Å²) in [6.45, 7) is 10.7. The van der Waals surface area contributed by atoms with Gasteiger partial charge in [0.1, 0.15) is 0 Å². The van der Waals surface area contributed by atoms with Crippen LogP contribution in [0.5, 0.6) is 0 Å². The molecule has 0 saturated carbocycles. The second-order valence-corrected chi connectivity index (χ2v) is 9.83. The first-order chi connectivity index (χ1) is 13.6. The van der Waals surface area contributed by atoms with E-state index in [4.69, 9.17) is 4.74 Å². The van der Waals surface area contributed by atoms with Crippen molar-refractivity contribution in [1.82, 2.24) is 0 Å². The van der Waals surface area contributed by atoms with Crippen LogP contribution in [-0.2, 0) is 20.2 Å². The molecule has 0 saturated heterocycles. The van der Waals surface area contributed by atoms with Gasteiger partial charge in [-0.05, 0) is 60.7 Å². The zero-order valence-electron chi connectivity index (χ0n) is 17.9. The molecule has 0 aliphatic heterocycles. The smallest absolute Gasteiger partial charge is 0.338 e. The SMILES string of the molecule is CCCCN(c1ccc(C(=O)OCC)cc1)S(=O)(=O)c1ccc(C(C)(C)C)cc1. The number of sulfonamides is 1. The van der Waals surface area contributed by atoms with Crippen LogP contribution in [0.2, 0.25) is 0 Å². The minimum atomic E-state index is -3.71. The lowest BCUT2D eigenvalue weighted by molar-refractivity contribution is 0.0526. The van der Waals surface area contributed by atoms with E-state index in [9.17, 15) is 13.2 Å². The number of carbonyl (C=O) groups excluding carboxylic acids is 1. The number of esters is 1. The highest BCUT2D eigenvalue weighted by Gasteiger charge is 2.25. The Kier molecular flexibility index (Phi) is 7.47. The molecule has 2 aromatic carbocycles. The van der Waals surface area contributed by atoms with Gasteiger partial charge in [-0.15, -0.1) is 0 Å². The van der Waals surface area contributed by atoms with Gasteiger partial charge in [0, 0.05) is 6.54 Å². The summed E-state index contributed by atoms with van der Waals surface area (Å²) in [4.78, 5) is 12.1. The van der Waals surface area contributed by atoms with E-state index in [0.717, 1.165) is 18.4 Å². The molecule has 0 atom stereocenters. The van der Waals surface area contributed by atoms with Gasteiger partial charge in [0.15, 0.2) is 0 Å². The Morgan fingerprint density at radius 1 is 0.966 bits per heavy atom. The highest BCUT2D eigenvalue weighted by Crippen LogP contribution is 2.28. The maximum absolute atomic E-state index is 13.4. The molecule has 158 valence electrons. The summed E-state index contributed by atoms with van der Waals surface area (Å²) in [6.07, 6.45) is 1.61. The number of anilines is 1. The molecule has 2 aromatic rings. The van der Waals surface area contributed by atoms with Crippen LogP contribution in [0, 0.1) is 0 Å². The van der Waals surface area contributed by atoms with Crippen LogP contribution in [0.3, 0.4) is 0 Å². The average molecular weight is 418 g/mol. The van der Waals surface area contributed by atoms with Crippen molar-refractivity contribution in [2.45, 2.75) is 57.8 Å². The fourth-order valence-electron chi connectivity index (χ4n) is 2.92. The number of rotatable bonds is 8. The zero-order valence-corrected chi connectivity index (χ0v) is 18.8. The molecule has 0 aliphatic rings. The normalized spacial score (nSPS) is 11.9. The number of unbranched alkanes of at least 4 members (excludes halogenated alkanes) is 1. The Labute approximate surface area is 174 Å². The molecule has 0 N–H and O–H groups in total. The molecule has 2 rings (SSSR count). The van der Waals surface area contributed by atoms with E-state index in [0.29, 0.717) is 24.4 Å². The molecule has 29 heavy (non-hydrogen) atoms. The van der Waals surface area contributed by atoms with Crippen LogP contribution in [0.15, 0.2) is 53.4 Å². The molecular formula is C23H31NO4S. The number of hydrogen-bond acceptors (Lipinski definition) is 4. The molecule has 0 spiro atoms. The molecule has 5 nitrogen and oxygen atoms in total. The zero-order chi connectivity index (χ0) is 21.7. The van der Waals surface area contributed by atoms with E-state index in [2.05, 4.69) is 20.8 Å². The van der Waals surface area contributed by atoms with Gasteiger partial charge >= 0.3 is 5.97 Å². The summed E-state index contributed by atoms with van der Waals surface area (Å²) in [6, 6.07) is 13.6. The van der Waals surface area contributed by atoms with Crippen LogP contribution in [-0.4, -0.2) is 27.5 Å². The van der Waals surface area contributed by atoms with Crippen molar-refractivity contribution >= 4 is 21.7 Å². The lowest BCUT2D eigenvalue weighted by atomic mass is 9.87. The van der Waals surface area contributed by atoms with Gasteiger partial charge in [-0.3, -0.25) is 4.31 Å². The lowest BCUT2D eigenvalue weighted by Crippen LogP contribution is -2.32. The minimum absolute atomic E-state index is 0.0485. The summed E-state index contributed by atoms with van der Waals surface area (Å²) in [5.41, 5.74) is 1.97. The topological polar surface area (TPSA) is 63.7 Å². The molecule has 0 amide bonds. The van der Waals surface area contributed by atoms with Gasteiger partial charge in [0.2, 0.25) is 0 Å². The Hall–Kier alpha value is -2.34. The minimum Gasteiger partial charge on any atom is -0.462 e. The third-order valence-corrected chi connectivity index (χ3v) is 6.53. The first-order valence-corrected chi connectivity index (χ1v) is 11.5. The van der Waals surface area contributed by atoms with Gasteiger partial charge < -0.3 is 4.74 Å². The maximum atomic E-state index is 13.4. The van der Waals surface area contributed by atoms with Crippen molar-refractivity contribution in [3.63, 3.8) is 0 Å². The monoisotopic (exact) mass is 417 g/mol. The van der Waals surface area contributed by atoms with E-state index in [1.165, 1.54) is 4.31 Å². The number of benzene rings is 2. The van der Waals surface area contributed by atoms with Crippen molar-refractivity contribution in [2.24, 2.45) is 0 Å². The molecule has 0 radical (unpaired) electrons. The Balaban J connectivity index is 2.39. The number of hydrogen-bond donors (Lipinski definition) is 0. The maximum Gasteiger partial charge on any atom is 0.338 e. The summed E-state index contributed by atoms with van der Waals surface area (Å²) in [7, 11) is -3.71. The Morgan fingerprint density at radius 3 is 2.03 bits per heavy atom. The van der Waals surface area contributed by atoms with Crippen LogP contribution in [0.1, 0.15) is 63.4 Å². The van der Waals surface area contributed by atoms with Crippen molar-refractivity contribution in [1.29, 1.82) is 0 Å². The molecule has 0 bridgehead atoms. The first-order valence-electron chi connectivity index (χ1n) is 10.0. The number of nitrogens with zero attached hydrogens (tertiary/aromatic N) is 1. The molecular weight excluding hydrogens is 386 g/mol. The van der Waals surface area contributed by atoms with E-state index in [1.54, 1.807) is 43.3 Å². The van der Waals surface area contributed by atoms with Gasteiger partial charge in [0.25, 0.3) is 10.0 Å². The van der Waals surface area contributed by atoms with Crippen molar-refractivity contribution in [3.8, 4) is 0 Å². The summed E-state index contributed by atoms with van der Waals surface area (Å²) in [5, 5.41) is 0. The van der Waals surface area contributed by atoms with Crippen molar-refractivity contribution in [3.05, 3.63) is 59.7 Å². The second-order valence-electron chi connectivity index (χ2n) is 7.97. The summed E-state index contributed by atoms with van der Waals surface area (Å²) >= 11 is 0. The Morgan fingerprint density at radius 2 is 1.55 bits per heavy atom. The standard InChI is InChI=1S/C23H31NO4S/c1-6-8-17-24(20-13-9-18(10-14-20)22(25)28-7-2)29(26,27)21-15-11-19(12-16-21)23(3,4)5/h9-16H,6-8,17H2,1-5H3. The first kappa shape index (κ1) is 22.9. The van der Waals surface area contributed by atoms with Crippen molar-refractivity contribution < 1.29 is 17.9 Å².